The molecule has 134 valence electrons. The Balaban J connectivity index is 1.72. The molecule has 1 N–H and O–H groups in total. The molecular formula is C20H17N5O2. The van der Waals surface area contributed by atoms with Crippen LogP contribution >= 0.6 is 0 Å². The van der Waals surface area contributed by atoms with Crippen LogP contribution in [0.5, 0.6) is 0 Å². The van der Waals surface area contributed by atoms with Gasteiger partial charge in [0.15, 0.2) is 5.65 Å². The molecule has 4 aromatic rings. The molecule has 7 heteroatoms. The molecule has 7 nitrogen and oxygen atoms in total. The highest BCUT2D eigenvalue weighted by Crippen LogP contribution is 2.17. The quantitative estimate of drug-likeness (QED) is 0.610. The van der Waals surface area contributed by atoms with Gasteiger partial charge in [0.25, 0.3) is 11.5 Å². The van der Waals surface area contributed by atoms with E-state index in [1.807, 2.05) is 38.1 Å². The van der Waals surface area contributed by atoms with Crippen LogP contribution in [0.15, 0.2) is 65.8 Å². The highest BCUT2D eigenvalue weighted by Gasteiger charge is 2.13. The molecular weight excluding hydrogens is 342 g/mol. The topological polar surface area (TPSA) is 81.8 Å². The van der Waals surface area contributed by atoms with E-state index in [1.165, 1.54) is 18.1 Å². The molecule has 4 rings (SSSR count). The van der Waals surface area contributed by atoms with Crippen LogP contribution in [0.25, 0.3) is 16.7 Å². The summed E-state index contributed by atoms with van der Waals surface area (Å²) in [5.41, 5.74) is 6.18. The lowest BCUT2D eigenvalue weighted by Gasteiger charge is -2.09. The monoisotopic (exact) mass is 359 g/mol. The Morgan fingerprint density at radius 1 is 1.04 bits per heavy atom. The van der Waals surface area contributed by atoms with Crippen molar-refractivity contribution in [2.75, 3.05) is 5.43 Å². The summed E-state index contributed by atoms with van der Waals surface area (Å²) < 4.78 is 2.69. The van der Waals surface area contributed by atoms with E-state index in [-0.39, 0.29) is 11.5 Å². The summed E-state index contributed by atoms with van der Waals surface area (Å²) in [6, 6.07) is 14.6. The number of amides is 1. The molecule has 0 spiro atoms. The summed E-state index contributed by atoms with van der Waals surface area (Å²) in [6.45, 7) is 4.05. The summed E-state index contributed by atoms with van der Waals surface area (Å²) in [7, 11) is 0. The van der Waals surface area contributed by atoms with Crippen molar-refractivity contribution in [2.24, 2.45) is 0 Å². The third kappa shape index (κ3) is 2.99. The van der Waals surface area contributed by atoms with Crippen LogP contribution in [-0.4, -0.2) is 25.3 Å². The van der Waals surface area contributed by atoms with Crippen molar-refractivity contribution >= 4 is 16.9 Å². The number of hydrogen-bond acceptors (Lipinski definition) is 4. The van der Waals surface area contributed by atoms with Gasteiger partial charge in [-0.1, -0.05) is 24.3 Å². The van der Waals surface area contributed by atoms with Crippen molar-refractivity contribution in [3.63, 3.8) is 0 Å². The van der Waals surface area contributed by atoms with E-state index >= 15 is 0 Å². The van der Waals surface area contributed by atoms with Crippen molar-refractivity contribution in [2.45, 2.75) is 13.8 Å². The minimum absolute atomic E-state index is 0.323. The first kappa shape index (κ1) is 16.7. The molecule has 0 bridgehead atoms. The molecule has 0 fully saturated rings. The Labute approximate surface area is 154 Å². The van der Waals surface area contributed by atoms with Crippen LogP contribution in [0.3, 0.4) is 0 Å². The van der Waals surface area contributed by atoms with E-state index in [4.69, 9.17) is 0 Å². The number of aromatic nitrogens is 4. The van der Waals surface area contributed by atoms with E-state index in [1.54, 1.807) is 28.9 Å². The Morgan fingerprint density at radius 3 is 2.56 bits per heavy atom. The van der Waals surface area contributed by atoms with E-state index in [0.29, 0.717) is 16.6 Å². The Bertz CT molecular complexity index is 1210. The zero-order valence-corrected chi connectivity index (χ0v) is 14.9. The minimum Gasteiger partial charge on any atom is -0.267 e. The fraction of sp³-hybridized carbons (Fsp3) is 0.100. The molecule has 0 aliphatic carbocycles. The Morgan fingerprint density at radius 2 is 1.81 bits per heavy atom. The number of fused-ring (bicyclic) bond motifs is 1. The fourth-order valence-electron chi connectivity index (χ4n) is 2.80. The molecule has 2 heterocycles. The first-order valence-electron chi connectivity index (χ1n) is 8.44. The molecule has 0 aliphatic heterocycles. The lowest BCUT2D eigenvalue weighted by Crippen LogP contribution is -2.33. The SMILES string of the molecule is Cc1ccc(-n2ncc3c(=O)n(NC(=O)c4ccccc4)cnc32)cc1C. The number of nitrogens with zero attached hydrogens (tertiary/aromatic N) is 4. The van der Waals surface area contributed by atoms with Gasteiger partial charge in [-0.05, 0) is 49.2 Å². The van der Waals surface area contributed by atoms with Gasteiger partial charge < -0.3 is 0 Å². The van der Waals surface area contributed by atoms with Gasteiger partial charge >= 0.3 is 0 Å². The molecule has 0 atom stereocenters. The highest BCUT2D eigenvalue weighted by molar-refractivity contribution is 5.99. The Kier molecular flexibility index (Phi) is 4.04. The van der Waals surface area contributed by atoms with Crippen LogP contribution in [-0.2, 0) is 0 Å². The van der Waals surface area contributed by atoms with Crippen LogP contribution in [0, 0.1) is 13.8 Å². The highest BCUT2D eigenvalue weighted by atomic mass is 16.2. The number of nitrogens with one attached hydrogen (secondary N) is 1. The number of hydrogen-bond donors (Lipinski definition) is 1. The number of carbonyl (C=O) groups excluding carboxylic acids is 1. The Hall–Kier alpha value is -3.74. The lowest BCUT2D eigenvalue weighted by atomic mass is 10.1. The normalized spacial score (nSPS) is 10.9. The molecule has 0 radical (unpaired) electrons. The number of rotatable bonds is 3. The average molecular weight is 359 g/mol. The van der Waals surface area contributed by atoms with Crippen molar-refractivity contribution in [1.82, 2.24) is 19.4 Å². The molecule has 0 aliphatic rings. The van der Waals surface area contributed by atoms with E-state index in [0.717, 1.165) is 15.9 Å². The molecule has 27 heavy (non-hydrogen) atoms. The van der Waals surface area contributed by atoms with Gasteiger partial charge in [0.2, 0.25) is 0 Å². The molecule has 0 unspecified atom stereocenters. The first-order chi connectivity index (χ1) is 13.0. The zero-order chi connectivity index (χ0) is 19.0. The lowest BCUT2D eigenvalue weighted by molar-refractivity contribution is 0.101. The van der Waals surface area contributed by atoms with Crippen LogP contribution in [0.1, 0.15) is 21.5 Å². The fourth-order valence-corrected chi connectivity index (χ4v) is 2.80. The van der Waals surface area contributed by atoms with Gasteiger partial charge in [-0.15, -0.1) is 0 Å². The smallest absolute Gasteiger partial charge is 0.267 e. The maximum atomic E-state index is 12.7. The molecule has 0 saturated carbocycles. The summed E-state index contributed by atoms with van der Waals surface area (Å²) >= 11 is 0. The van der Waals surface area contributed by atoms with Crippen molar-refractivity contribution in [3.8, 4) is 5.69 Å². The first-order valence-corrected chi connectivity index (χ1v) is 8.44. The largest absolute Gasteiger partial charge is 0.283 e. The van der Waals surface area contributed by atoms with Crippen molar-refractivity contribution < 1.29 is 4.79 Å². The summed E-state index contributed by atoms with van der Waals surface area (Å²) in [5, 5.41) is 4.63. The zero-order valence-electron chi connectivity index (χ0n) is 14.9. The van der Waals surface area contributed by atoms with E-state index < -0.39 is 0 Å². The summed E-state index contributed by atoms with van der Waals surface area (Å²) in [5.74, 6) is -0.389. The number of aryl methyl sites for hydroxylation is 2. The van der Waals surface area contributed by atoms with Gasteiger partial charge in [-0.2, -0.15) is 5.10 Å². The number of benzene rings is 2. The predicted octanol–water partition coefficient (Wildman–Crippen LogP) is 2.58. The second-order valence-corrected chi connectivity index (χ2v) is 6.29. The number of carbonyl (C=O) groups is 1. The average Bonchev–Trinajstić information content (AvgIpc) is 3.12. The van der Waals surface area contributed by atoms with Gasteiger partial charge in [-0.3, -0.25) is 15.0 Å². The maximum Gasteiger partial charge on any atom is 0.283 e. The molecule has 2 aromatic heterocycles. The van der Waals surface area contributed by atoms with E-state index in [2.05, 4.69) is 15.5 Å². The van der Waals surface area contributed by atoms with Crippen LogP contribution in [0.2, 0.25) is 0 Å². The molecule has 2 aromatic carbocycles. The van der Waals surface area contributed by atoms with Gasteiger partial charge in [0, 0.05) is 5.56 Å². The van der Waals surface area contributed by atoms with Gasteiger partial charge in [0.05, 0.1) is 11.9 Å². The van der Waals surface area contributed by atoms with Crippen molar-refractivity contribution in [3.05, 3.63) is 88.1 Å². The van der Waals surface area contributed by atoms with Gasteiger partial charge in [0.1, 0.15) is 11.7 Å². The van der Waals surface area contributed by atoms with E-state index in [9.17, 15) is 9.59 Å². The standard InChI is InChI=1S/C20H17N5O2/c1-13-8-9-16(10-14(13)2)25-18-17(11-22-25)20(27)24(12-21-18)23-19(26)15-6-4-3-5-7-15/h3-12H,1-2H3,(H,23,26). The third-order valence-corrected chi connectivity index (χ3v) is 4.48. The minimum atomic E-state index is -0.389. The molecule has 1 amide bonds. The second-order valence-electron chi connectivity index (χ2n) is 6.29. The summed E-state index contributed by atoms with van der Waals surface area (Å²) in [6.07, 6.45) is 2.76. The maximum absolute atomic E-state index is 12.7. The molecule has 0 saturated heterocycles. The summed E-state index contributed by atoms with van der Waals surface area (Å²) in [4.78, 5) is 29.3. The van der Waals surface area contributed by atoms with Crippen molar-refractivity contribution in [1.29, 1.82) is 0 Å². The second kappa shape index (κ2) is 6.53. The predicted molar refractivity (Wildman–Crippen MR) is 103 cm³/mol. The van der Waals surface area contributed by atoms with Crippen LogP contribution < -0.4 is 11.0 Å². The third-order valence-electron chi connectivity index (χ3n) is 4.48. The van der Waals surface area contributed by atoms with Crippen LogP contribution in [0.4, 0.5) is 0 Å². The van der Waals surface area contributed by atoms with Gasteiger partial charge in [-0.25, -0.2) is 14.3 Å².